The van der Waals surface area contributed by atoms with Gasteiger partial charge in [0.15, 0.2) is 0 Å². The van der Waals surface area contributed by atoms with Gasteiger partial charge in [0.1, 0.15) is 10.6 Å². The summed E-state index contributed by atoms with van der Waals surface area (Å²) < 4.78 is 33.6. The van der Waals surface area contributed by atoms with E-state index in [0.29, 0.717) is 17.2 Å². The summed E-state index contributed by atoms with van der Waals surface area (Å²) in [4.78, 5) is 0.294. The average Bonchev–Trinajstić information content (AvgIpc) is 3.05. The minimum absolute atomic E-state index is 0.294. The molecule has 4 rings (SSSR count). The standard InChI is InChI=1S/C19H21NO3S/c1-23-18-12-15-7-2-3-8-16(15)13-19(18)24(21,22)20-11-10-14-6-4-5-9-17(14)20/h4-6,9,12-13H,2-3,7-8,10-11H2,1H3. The number of methoxy groups -OCH3 is 1. The van der Waals surface area contributed by atoms with Crippen LogP contribution < -0.4 is 9.04 Å². The monoisotopic (exact) mass is 343 g/mol. The second kappa shape index (κ2) is 5.81. The van der Waals surface area contributed by atoms with E-state index in [1.54, 1.807) is 7.11 Å². The summed E-state index contributed by atoms with van der Waals surface area (Å²) in [5.74, 6) is 0.458. The lowest BCUT2D eigenvalue weighted by molar-refractivity contribution is 0.401. The molecule has 0 N–H and O–H groups in total. The summed E-state index contributed by atoms with van der Waals surface area (Å²) in [5, 5.41) is 0. The van der Waals surface area contributed by atoms with E-state index in [-0.39, 0.29) is 0 Å². The molecule has 1 aliphatic heterocycles. The molecule has 2 aromatic rings. The molecule has 0 saturated heterocycles. The number of rotatable bonds is 3. The third kappa shape index (κ3) is 2.38. The molecular formula is C19H21NO3S. The first-order valence-corrected chi connectivity index (χ1v) is 9.86. The van der Waals surface area contributed by atoms with E-state index in [0.717, 1.165) is 48.9 Å². The molecule has 0 atom stereocenters. The lowest BCUT2D eigenvalue weighted by Gasteiger charge is -2.23. The van der Waals surface area contributed by atoms with Crippen LogP contribution in [-0.4, -0.2) is 22.1 Å². The highest BCUT2D eigenvalue weighted by Crippen LogP contribution is 2.38. The second-order valence-corrected chi connectivity index (χ2v) is 8.27. The normalized spacial score (nSPS) is 16.6. The summed E-state index contributed by atoms with van der Waals surface area (Å²) >= 11 is 0. The van der Waals surface area contributed by atoms with Gasteiger partial charge >= 0.3 is 0 Å². The molecule has 4 nitrogen and oxygen atoms in total. The first kappa shape index (κ1) is 15.5. The van der Waals surface area contributed by atoms with Crippen LogP contribution >= 0.6 is 0 Å². The number of hydrogen-bond acceptors (Lipinski definition) is 3. The smallest absolute Gasteiger partial charge is 0.268 e. The number of anilines is 1. The van der Waals surface area contributed by atoms with Crippen LogP contribution in [0.4, 0.5) is 5.69 Å². The van der Waals surface area contributed by atoms with E-state index in [1.165, 1.54) is 9.87 Å². The van der Waals surface area contributed by atoms with Crippen LogP contribution in [0.1, 0.15) is 29.5 Å². The fraction of sp³-hybridized carbons (Fsp3) is 0.368. The van der Waals surface area contributed by atoms with Crippen LogP contribution in [0.3, 0.4) is 0 Å². The Balaban J connectivity index is 1.83. The Labute approximate surface area is 143 Å². The molecule has 24 heavy (non-hydrogen) atoms. The van der Waals surface area contributed by atoms with Crippen molar-refractivity contribution >= 4 is 15.7 Å². The molecule has 2 aromatic carbocycles. The van der Waals surface area contributed by atoms with Crippen LogP contribution in [-0.2, 0) is 29.3 Å². The Morgan fingerprint density at radius 1 is 0.958 bits per heavy atom. The third-order valence-electron chi connectivity index (χ3n) is 5.04. The van der Waals surface area contributed by atoms with Gasteiger partial charge in [0.05, 0.1) is 12.8 Å². The highest BCUT2D eigenvalue weighted by atomic mass is 32.2. The zero-order valence-corrected chi connectivity index (χ0v) is 14.6. The summed E-state index contributed by atoms with van der Waals surface area (Å²) in [5.41, 5.74) is 4.24. The Bertz CT molecular complexity index is 889. The van der Waals surface area contributed by atoms with Gasteiger partial charge in [-0.2, -0.15) is 0 Å². The van der Waals surface area contributed by atoms with Gasteiger partial charge in [-0.1, -0.05) is 18.2 Å². The molecule has 5 heteroatoms. The molecule has 0 radical (unpaired) electrons. The van der Waals surface area contributed by atoms with E-state index in [9.17, 15) is 8.42 Å². The van der Waals surface area contributed by atoms with Crippen molar-refractivity contribution in [3.8, 4) is 5.75 Å². The van der Waals surface area contributed by atoms with E-state index in [1.807, 2.05) is 36.4 Å². The van der Waals surface area contributed by atoms with Crippen molar-refractivity contribution in [3.05, 3.63) is 53.1 Å². The first-order chi connectivity index (χ1) is 11.6. The van der Waals surface area contributed by atoms with Crippen LogP contribution in [0.15, 0.2) is 41.3 Å². The van der Waals surface area contributed by atoms with Gasteiger partial charge in [-0.25, -0.2) is 8.42 Å². The SMILES string of the molecule is COc1cc2c(cc1S(=O)(=O)N1CCc3ccccc31)CCCC2. The van der Waals surface area contributed by atoms with Gasteiger partial charge in [-0.3, -0.25) is 4.31 Å². The molecule has 0 unspecified atom stereocenters. The molecule has 0 spiro atoms. The van der Waals surface area contributed by atoms with Crippen molar-refractivity contribution in [2.45, 2.75) is 37.0 Å². The maximum atomic E-state index is 13.3. The minimum Gasteiger partial charge on any atom is -0.495 e. The Hall–Kier alpha value is -2.01. The molecule has 0 aromatic heterocycles. The molecule has 0 saturated carbocycles. The molecule has 126 valence electrons. The number of nitrogens with zero attached hydrogens (tertiary/aromatic N) is 1. The van der Waals surface area contributed by atoms with E-state index in [2.05, 4.69) is 0 Å². The fourth-order valence-corrected chi connectivity index (χ4v) is 5.47. The van der Waals surface area contributed by atoms with Gasteiger partial charge in [-0.15, -0.1) is 0 Å². The fourth-order valence-electron chi connectivity index (χ4n) is 3.78. The largest absolute Gasteiger partial charge is 0.495 e. The lowest BCUT2D eigenvalue weighted by atomic mass is 9.92. The third-order valence-corrected chi connectivity index (χ3v) is 6.88. The van der Waals surface area contributed by atoms with Crippen LogP contribution in [0, 0.1) is 0 Å². The molecule has 2 aliphatic rings. The molecule has 0 amide bonds. The van der Waals surface area contributed by atoms with Gasteiger partial charge < -0.3 is 4.74 Å². The van der Waals surface area contributed by atoms with Crippen LogP contribution in [0.25, 0.3) is 0 Å². The Morgan fingerprint density at radius 3 is 2.42 bits per heavy atom. The molecule has 1 aliphatic carbocycles. The molecule has 0 bridgehead atoms. The number of benzene rings is 2. The van der Waals surface area contributed by atoms with Crippen molar-refractivity contribution in [2.75, 3.05) is 18.0 Å². The number of aryl methyl sites for hydroxylation is 2. The van der Waals surface area contributed by atoms with Gasteiger partial charge in [0, 0.05) is 6.54 Å². The number of para-hydroxylation sites is 1. The van der Waals surface area contributed by atoms with E-state index < -0.39 is 10.0 Å². The van der Waals surface area contributed by atoms with E-state index in [4.69, 9.17) is 4.74 Å². The van der Waals surface area contributed by atoms with Crippen molar-refractivity contribution in [1.29, 1.82) is 0 Å². The molecular weight excluding hydrogens is 322 g/mol. The van der Waals surface area contributed by atoms with Gasteiger partial charge in [-0.05, 0) is 67.0 Å². The van der Waals surface area contributed by atoms with Crippen molar-refractivity contribution in [3.63, 3.8) is 0 Å². The molecule has 0 fully saturated rings. The summed E-state index contributed by atoms with van der Waals surface area (Å²) in [6.45, 7) is 0.488. The number of sulfonamides is 1. The first-order valence-electron chi connectivity index (χ1n) is 8.41. The zero-order chi connectivity index (χ0) is 16.7. The van der Waals surface area contributed by atoms with Crippen LogP contribution in [0.5, 0.6) is 5.75 Å². The van der Waals surface area contributed by atoms with Crippen LogP contribution in [0.2, 0.25) is 0 Å². The van der Waals surface area contributed by atoms with E-state index >= 15 is 0 Å². The predicted octanol–water partition coefficient (Wildman–Crippen LogP) is 3.33. The van der Waals surface area contributed by atoms with Gasteiger partial charge in [0.25, 0.3) is 10.0 Å². The number of ether oxygens (including phenoxy) is 1. The maximum absolute atomic E-state index is 13.3. The second-order valence-electron chi connectivity index (χ2n) is 6.43. The quantitative estimate of drug-likeness (QED) is 0.859. The lowest BCUT2D eigenvalue weighted by Crippen LogP contribution is -2.29. The van der Waals surface area contributed by atoms with Gasteiger partial charge in [0.2, 0.25) is 0 Å². The Morgan fingerprint density at radius 2 is 1.67 bits per heavy atom. The highest BCUT2D eigenvalue weighted by molar-refractivity contribution is 7.93. The van der Waals surface area contributed by atoms with Crippen molar-refractivity contribution in [1.82, 2.24) is 0 Å². The number of hydrogen-bond donors (Lipinski definition) is 0. The van der Waals surface area contributed by atoms with Crippen molar-refractivity contribution in [2.24, 2.45) is 0 Å². The van der Waals surface area contributed by atoms with Crippen molar-refractivity contribution < 1.29 is 13.2 Å². The average molecular weight is 343 g/mol. The summed E-state index contributed by atoms with van der Waals surface area (Å²) in [6.07, 6.45) is 4.97. The number of fused-ring (bicyclic) bond motifs is 2. The molecule has 1 heterocycles. The predicted molar refractivity (Wildman–Crippen MR) is 94.3 cm³/mol. The summed E-state index contributed by atoms with van der Waals surface area (Å²) in [7, 11) is -2.08. The highest BCUT2D eigenvalue weighted by Gasteiger charge is 2.33. The zero-order valence-electron chi connectivity index (χ0n) is 13.8. The maximum Gasteiger partial charge on any atom is 0.268 e. The topological polar surface area (TPSA) is 46.6 Å². The minimum atomic E-state index is -3.62. The summed E-state index contributed by atoms with van der Waals surface area (Å²) in [6, 6.07) is 11.5. The Kier molecular flexibility index (Phi) is 3.76.